The van der Waals surface area contributed by atoms with E-state index in [1.165, 1.54) is 4.90 Å². The van der Waals surface area contributed by atoms with Crippen molar-refractivity contribution in [3.8, 4) is 0 Å². The molecule has 35 heavy (non-hydrogen) atoms. The molecule has 5 rings (SSSR count). The van der Waals surface area contributed by atoms with Crippen LogP contribution in [0.1, 0.15) is 27.1 Å². The number of rotatable bonds is 4. The van der Waals surface area contributed by atoms with E-state index >= 15 is 0 Å². The van der Waals surface area contributed by atoms with Gasteiger partial charge in [0.15, 0.2) is 5.11 Å². The van der Waals surface area contributed by atoms with Crippen molar-refractivity contribution in [2.24, 2.45) is 0 Å². The summed E-state index contributed by atoms with van der Waals surface area (Å²) in [4.78, 5) is 43.9. The summed E-state index contributed by atoms with van der Waals surface area (Å²) in [5, 5.41) is 5.99. The largest absolute Gasteiger partial charge is 0.345 e. The number of carbonyl (C=O) groups excluding carboxylic acids is 3. The molecule has 2 aliphatic rings. The van der Waals surface area contributed by atoms with Crippen LogP contribution in [0.5, 0.6) is 0 Å². The molecule has 0 bridgehead atoms. The third kappa shape index (κ3) is 4.59. The van der Waals surface area contributed by atoms with Gasteiger partial charge < -0.3 is 15.1 Å². The second kappa shape index (κ2) is 9.64. The predicted molar refractivity (Wildman–Crippen MR) is 140 cm³/mol. The van der Waals surface area contributed by atoms with E-state index in [1.807, 2.05) is 41.3 Å². The Kier molecular flexibility index (Phi) is 6.40. The Morgan fingerprint density at radius 1 is 0.857 bits per heavy atom. The van der Waals surface area contributed by atoms with Crippen LogP contribution in [0.2, 0.25) is 5.02 Å². The van der Waals surface area contributed by atoms with E-state index in [0.29, 0.717) is 52.8 Å². The summed E-state index contributed by atoms with van der Waals surface area (Å²) in [7, 11) is 0. The highest BCUT2D eigenvalue weighted by atomic mass is 35.5. The van der Waals surface area contributed by atoms with Crippen LogP contribution >= 0.6 is 23.8 Å². The number of thiocarbonyl (C=S) groups is 1. The molecule has 0 saturated carbocycles. The maximum Gasteiger partial charge on any atom is 0.261 e. The first-order chi connectivity index (χ1) is 16.9. The van der Waals surface area contributed by atoms with Crippen LogP contribution in [0.4, 0.5) is 5.69 Å². The standard InChI is InChI=1S/C26H23ClN4O3S/c27-18-7-9-19(10-8-18)28-26(35)30-15-13-29(14-16-30)22(32)11-12-31-24(33)20-5-1-3-17-4-2-6-21(23(17)20)25(31)34/h1-10H,11-16H2,(H,28,35). The molecule has 1 N–H and O–H groups in total. The van der Waals surface area contributed by atoms with Gasteiger partial charge in [0.05, 0.1) is 0 Å². The van der Waals surface area contributed by atoms with Crippen LogP contribution in [0.3, 0.4) is 0 Å². The predicted octanol–water partition coefficient (Wildman–Crippen LogP) is 4.02. The number of carbonyl (C=O) groups is 3. The van der Waals surface area contributed by atoms with Crippen molar-refractivity contribution in [2.75, 3.05) is 38.0 Å². The first kappa shape index (κ1) is 23.3. The Morgan fingerprint density at radius 2 is 1.43 bits per heavy atom. The molecular weight excluding hydrogens is 484 g/mol. The SMILES string of the molecule is O=C(CCN1C(=O)c2cccc3cccc(c23)C1=O)N1CCN(C(=S)Nc2ccc(Cl)cc2)CC1. The zero-order chi connectivity index (χ0) is 24.5. The van der Waals surface area contributed by atoms with E-state index in [-0.39, 0.29) is 30.7 Å². The summed E-state index contributed by atoms with van der Waals surface area (Å²) in [5.74, 6) is -0.787. The highest BCUT2D eigenvalue weighted by molar-refractivity contribution is 7.80. The lowest BCUT2D eigenvalue weighted by Crippen LogP contribution is -2.52. The lowest BCUT2D eigenvalue weighted by molar-refractivity contribution is -0.132. The second-order valence-electron chi connectivity index (χ2n) is 8.53. The molecule has 1 saturated heterocycles. The van der Waals surface area contributed by atoms with Gasteiger partial charge in [-0.2, -0.15) is 0 Å². The van der Waals surface area contributed by atoms with Crippen LogP contribution in [0.25, 0.3) is 10.8 Å². The molecule has 178 valence electrons. The molecule has 0 aromatic heterocycles. The van der Waals surface area contributed by atoms with E-state index in [4.69, 9.17) is 23.8 Å². The van der Waals surface area contributed by atoms with Gasteiger partial charge in [0.1, 0.15) is 0 Å². The monoisotopic (exact) mass is 506 g/mol. The van der Waals surface area contributed by atoms with Crippen molar-refractivity contribution < 1.29 is 14.4 Å². The van der Waals surface area contributed by atoms with Gasteiger partial charge in [0.2, 0.25) is 5.91 Å². The van der Waals surface area contributed by atoms with E-state index in [1.54, 1.807) is 29.2 Å². The normalized spacial score (nSPS) is 15.5. The highest BCUT2D eigenvalue weighted by Gasteiger charge is 2.33. The smallest absolute Gasteiger partial charge is 0.261 e. The minimum atomic E-state index is -0.351. The maximum absolute atomic E-state index is 13.0. The Bertz CT molecular complexity index is 1290. The fourth-order valence-electron chi connectivity index (χ4n) is 4.54. The molecule has 9 heteroatoms. The third-order valence-electron chi connectivity index (χ3n) is 6.42. The molecular formula is C26H23ClN4O3S. The Hall–Kier alpha value is -3.49. The minimum absolute atomic E-state index is 0.0535. The number of halogens is 1. The Labute approximate surface area is 213 Å². The van der Waals surface area contributed by atoms with Gasteiger partial charge in [-0.15, -0.1) is 0 Å². The van der Waals surface area contributed by atoms with E-state index in [0.717, 1.165) is 11.1 Å². The number of piperazine rings is 1. The van der Waals surface area contributed by atoms with Gasteiger partial charge in [0, 0.05) is 66.4 Å². The molecule has 7 nitrogen and oxygen atoms in total. The molecule has 2 heterocycles. The quantitative estimate of drug-likeness (QED) is 0.425. The number of amides is 3. The number of anilines is 1. The fourth-order valence-corrected chi connectivity index (χ4v) is 4.97. The maximum atomic E-state index is 13.0. The van der Waals surface area contributed by atoms with Crippen molar-refractivity contribution in [1.29, 1.82) is 0 Å². The van der Waals surface area contributed by atoms with Gasteiger partial charge in [0.25, 0.3) is 11.8 Å². The molecule has 0 aliphatic carbocycles. The van der Waals surface area contributed by atoms with E-state index in [2.05, 4.69) is 5.32 Å². The number of nitrogens with zero attached hydrogens (tertiary/aromatic N) is 3. The molecule has 0 spiro atoms. The summed E-state index contributed by atoms with van der Waals surface area (Å²) >= 11 is 11.4. The van der Waals surface area contributed by atoms with Crippen molar-refractivity contribution >= 4 is 63.1 Å². The minimum Gasteiger partial charge on any atom is -0.345 e. The molecule has 3 amide bonds. The number of imide groups is 1. The Balaban J connectivity index is 1.16. The summed E-state index contributed by atoms with van der Waals surface area (Å²) < 4.78 is 0. The lowest BCUT2D eigenvalue weighted by atomic mass is 9.94. The van der Waals surface area contributed by atoms with Gasteiger partial charge in [-0.3, -0.25) is 19.3 Å². The van der Waals surface area contributed by atoms with Crippen molar-refractivity contribution in [3.63, 3.8) is 0 Å². The summed E-state index contributed by atoms with van der Waals surface area (Å²) in [6, 6.07) is 18.2. The molecule has 0 radical (unpaired) electrons. The summed E-state index contributed by atoms with van der Waals surface area (Å²) in [6.45, 7) is 2.29. The van der Waals surface area contributed by atoms with Crippen LogP contribution in [0.15, 0.2) is 60.7 Å². The zero-order valence-electron chi connectivity index (χ0n) is 18.9. The number of nitrogens with one attached hydrogen (secondary N) is 1. The van der Waals surface area contributed by atoms with Gasteiger partial charge in [-0.1, -0.05) is 35.9 Å². The first-order valence-corrected chi connectivity index (χ1v) is 12.2. The van der Waals surface area contributed by atoms with Gasteiger partial charge in [-0.25, -0.2) is 0 Å². The van der Waals surface area contributed by atoms with Crippen LogP contribution < -0.4 is 5.32 Å². The average Bonchev–Trinajstić information content (AvgIpc) is 2.88. The number of hydrogen-bond donors (Lipinski definition) is 1. The molecule has 0 atom stereocenters. The molecule has 3 aromatic carbocycles. The number of hydrogen-bond acceptors (Lipinski definition) is 4. The molecule has 2 aliphatic heterocycles. The van der Waals surface area contributed by atoms with Crippen molar-refractivity contribution in [1.82, 2.24) is 14.7 Å². The topological polar surface area (TPSA) is 73.0 Å². The molecule has 0 unspecified atom stereocenters. The number of benzene rings is 3. The van der Waals surface area contributed by atoms with Gasteiger partial charge >= 0.3 is 0 Å². The van der Waals surface area contributed by atoms with Gasteiger partial charge in [-0.05, 0) is 54.0 Å². The van der Waals surface area contributed by atoms with Crippen LogP contribution in [-0.4, -0.2) is 70.3 Å². The fraction of sp³-hybridized carbons (Fsp3) is 0.231. The van der Waals surface area contributed by atoms with Crippen LogP contribution in [-0.2, 0) is 4.79 Å². The lowest BCUT2D eigenvalue weighted by Gasteiger charge is -2.36. The highest BCUT2D eigenvalue weighted by Crippen LogP contribution is 2.30. The molecule has 1 fully saturated rings. The summed E-state index contributed by atoms with van der Waals surface area (Å²) in [6.07, 6.45) is 0.0864. The second-order valence-corrected chi connectivity index (χ2v) is 9.35. The van der Waals surface area contributed by atoms with Crippen LogP contribution in [0, 0.1) is 0 Å². The van der Waals surface area contributed by atoms with E-state index in [9.17, 15) is 14.4 Å². The van der Waals surface area contributed by atoms with Crippen molar-refractivity contribution in [3.05, 3.63) is 76.8 Å². The first-order valence-electron chi connectivity index (χ1n) is 11.4. The van der Waals surface area contributed by atoms with Crippen molar-refractivity contribution in [2.45, 2.75) is 6.42 Å². The third-order valence-corrected chi connectivity index (χ3v) is 7.03. The zero-order valence-corrected chi connectivity index (χ0v) is 20.4. The summed E-state index contributed by atoms with van der Waals surface area (Å²) in [5.41, 5.74) is 1.85. The van der Waals surface area contributed by atoms with E-state index < -0.39 is 0 Å². The Morgan fingerprint density at radius 3 is 2.03 bits per heavy atom. The average molecular weight is 507 g/mol. The molecule has 3 aromatic rings.